The molecule has 3 aromatic rings. The van der Waals surface area contributed by atoms with E-state index in [2.05, 4.69) is 15.5 Å². The number of aryl methyl sites for hydroxylation is 1. The molecule has 1 aromatic heterocycles. The SMILES string of the molecule is CCn1c(SCC(=O)Nc2ccc(C)cc2F)nnc1-c1ccc(Cl)cc1. The van der Waals surface area contributed by atoms with E-state index >= 15 is 0 Å². The summed E-state index contributed by atoms with van der Waals surface area (Å²) >= 11 is 7.19. The van der Waals surface area contributed by atoms with Gasteiger partial charge in [-0.1, -0.05) is 29.4 Å². The predicted octanol–water partition coefficient (Wildman–Crippen LogP) is 4.80. The monoisotopic (exact) mass is 404 g/mol. The van der Waals surface area contributed by atoms with Gasteiger partial charge in [0, 0.05) is 17.1 Å². The third-order valence-electron chi connectivity index (χ3n) is 3.87. The van der Waals surface area contributed by atoms with Gasteiger partial charge in [0.15, 0.2) is 11.0 Å². The Kier molecular flexibility index (Phi) is 6.13. The van der Waals surface area contributed by atoms with Crippen molar-refractivity contribution < 1.29 is 9.18 Å². The van der Waals surface area contributed by atoms with Gasteiger partial charge < -0.3 is 9.88 Å². The molecule has 0 radical (unpaired) electrons. The maximum Gasteiger partial charge on any atom is 0.234 e. The van der Waals surface area contributed by atoms with Gasteiger partial charge >= 0.3 is 0 Å². The molecule has 0 saturated carbocycles. The van der Waals surface area contributed by atoms with E-state index in [0.717, 1.165) is 11.1 Å². The molecule has 140 valence electrons. The fourth-order valence-electron chi connectivity index (χ4n) is 2.53. The largest absolute Gasteiger partial charge is 0.323 e. The highest BCUT2D eigenvalue weighted by atomic mass is 35.5. The summed E-state index contributed by atoms with van der Waals surface area (Å²) in [6, 6.07) is 12.0. The van der Waals surface area contributed by atoms with Gasteiger partial charge in [0.05, 0.1) is 11.4 Å². The molecule has 3 rings (SSSR count). The minimum atomic E-state index is -0.449. The van der Waals surface area contributed by atoms with Crippen LogP contribution < -0.4 is 5.32 Å². The summed E-state index contributed by atoms with van der Waals surface area (Å²) in [5.41, 5.74) is 1.86. The first kappa shape index (κ1) is 19.4. The van der Waals surface area contributed by atoms with Crippen molar-refractivity contribution in [3.8, 4) is 11.4 Å². The molecule has 0 saturated heterocycles. The summed E-state index contributed by atoms with van der Waals surface area (Å²) in [6.45, 7) is 4.43. The topological polar surface area (TPSA) is 59.8 Å². The average molecular weight is 405 g/mol. The van der Waals surface area contributed by atoms with E-state index in [1.165, 1.54) is 17.8 Å². The quantitative estimate of drug-likeness (QED) is 0.599. The molecule has 0 fully saturated rings. The van der Waals surface area contributed by atoms with E-state index in [4.69, 9.17) is 11.6 Å². The molecule has 0 aliphatic carbocycles. The van der Waals surface area contributed by atoms with Crippen LogP contribution in [0.3, 0.4) is 0 Å². The Morgan fingerprint density at radius 1 is 1.22 bits per heavy atom. The van der Waals surface area contributed by atoms with Crippen LogP contribution in [0.25, 0.3) is 11.4 Å². The van der Waals surface area contributed by atoms with E-state index in [0.29, 0.717) is 22.5 Å². The number of hydrogen-bond acceptors (Lipinski definition) is 4. The minimum absolute atomic E-state index is 0.103. The van der Waals surface area contributed by atoms with Crippen LogP contribution in [0, 0.1) is 12.7 Å². The first-order valence-corrected chi connectivity index (χ1v) is 9.72. The summed E-state index contributed by atoms with van der Waals surface area (Å²) in [7, 11) is 0. The Morgan fingerprint density at radius 2 is 1.96 bits per heavy atom. The van der Waals surface area contributed by atoms with E-state index < -0.39 is 5.82 Å². The molecule has 0 aliphatic heterocycles. The number of hydrogen-bond donors (Lipinski definition) is 1. The lowest BCUT2D eigenvalue weighted by Gasteiger charge is -2.08. The van der Waals surface area contributed by atoms with E-state index in [-0.39, 0.29) is 17.3 Å². The van der Waals surface area contributed by atoms with Gasteiger partial charge in [-0.15, -0.1) is 10.2 Å². The maximum absolute atomic E-state index is 13.9. The summed E-state index contributed by atoms with van der Waals surface area (Å²) in [5, 5.41) is 12.3. The first-order chi connectivity index (χ1) is 13.0. The van der Waals surface area contributed by atoms with Gasteiger partial charge in [0.1, 0.15) is 5.82 Å². The smallest absolute Gasteiger partial charge is 0.234 e. The molecular weight excluding hydrogens is 387 g/mol. The van der Waals surface area contributed by atoms with Crippen molar-refractivity contribution in [2.75, 3.05) is 11.1 Å². The Labute approximate surface area is 166 Å². The molecule has 0 bridgehead atoms. The molecule has 0 unspecified atom stereocenters. The molecule has 8 heteroatoms. The molecule has 0 aliphatic rings. The summed E-state index contributed by atoms with van der Waals surface area (Å²) in [5.74, 6) is 0.0599. The number of aromatic nitrogens is 3. The van der Waals surface area contributed by atoms with Crippen LogP contribution in [-0.2, 0) is 11.3 Å². The van der Waals surface area contributed by atoms with Crippen LogP contribution >= 0.6 is 23.4 Å². The summed E-state index contributed by atoms with van der Waals surface area (Å²) in [4.78, 5) is 12.2. The van der Waals surface area contributed by atoms with Crippen molar-refractivity contribution in [3.05, 3.63) is 58.9 Å². The van der Waals surface area contributed by atoms with Gasteiger partial charge in [0.25, 0.3) is 0 Å². The van der Waals surface area contributed by atoms with Crippen LogP contribution in [-0.4, -0.2) is 26.4 Å². The lowest BCUT2D eigenvalue weighted by molar-refractivity contribution is -0.113. The first-order valence-electron chi connectivity index (χ1n) is 8.36. The number of nitrogens with zero attached hydrogens (tertiary/aromatic N) is 3. The summed E-state index contributed by atoms with van der Waals surface area (Å²) in [6.07, 6.45) is 0. The highest BCUT2D eigenvalue weighted by Crippen LogP contribution is 2.25. The Hall–Kier alpha value is -2.38. The van der Waals surface area contributed by atoms with Gasteiger partial charge in [-0.2, -0.15) is 0 Å². The Balaban J connectivity index is 1.69. The number of thioether (sulfide) groups is 1. The number of amides is 1. The van der Waals surface area contributed by atoms with Crippen LogP contribution in [0.1, 0.15) is 12.5 Å². The fraction of sp³-hybridized carbons (Fsp3) is 0.211. The van der Waals surface area contributed by atoms with Crippen molar-refractivity contribution in [2.24, 2.45) is 0 Å². The predicted molar refractivity (Wildman–Crippen MR) is 107 cm³/mol. The van der Waals surface area contributed by atoms with Crippen molar-refractivity contribution >= 4 is 35.0 Å². The molecule has 1 heterocycles. The molecule has 2 aromatic carbocycles. The minimum Gasteiger partial charge on any atom is -0.323 e. The van der Waals surface area contributed by atoms with Gasteiger partial charge in [-0.25, -0.2) is 4.39 Å². The summed E-state index contributed by atoms with van der Waals surface area (Å²) < 4.78 is 15.8. The van der Waals surface area contributed by atoms with Gasteiger partial charge in [0.2, 0.25) is 5.91 Å². The lowest BCUT2D eigenvalue weighted by Crippen LogP contribution is -2.15. The highest BCUT2D eigenvalue weighted by molar-refractivity contribution is 7.99. The third-order valence-corrected chi connectivity index (χ3v) is 5.09. The number of carbonyl (C=O) groups excluding carboxylic acids is 1. The van der Waals surface area contributed by atoms with Crippen molar-refractivity contribution in [3.63, 3.8) is 0 Å². The number of nitrogens with one attached hydrogen (secondary N) is 1. The van der Waals surface area contributed by atoms with E-state index in [1.807, 2.05) is 23.6 Å². The fourth-order valence-corrected chi connectivity index (χ4v) is 3.46. The van der Waals surface area contributed by atoms with Gasteiger partial charge in [-0.3, -0.25) is 4.79 Å². The van der Waals surface area contributed by atoms with E-state index in [1.54, 1.807) is 31.2 Å². The third kappa shape index (κ3) is 4.67. The Bertz CT molecular complexity index is 959. The van der Waals surface area contributed by atoms with Crippen molar-refractivity contribution in [1.82, 2.24) is 14.8 Å². The van der Waals surface area contributed by atoms with Crippen LogP contribution in [0.5, 0.6) is 0 Å². The van der Waals surface area contributed by atoms with E-state index in [9.17, 15) is 9.18 Å². The van der Waals surface area contributed by atoms with Crippen molar-refractivity contribution in [2.45, 2.75) is 25.5 Å². The maximum atomic E-state index is 13.9. The standard InChI is InChI=1S/C19H18ClFN4OS/c1-3-25-18(13-5-7-14(20)8-6-13)23-24-19(25)27-11-17(26)22-16-9-4-12(2)10-15(16)21/h4-10H,3,11H2,1-2H3,(H,22,26). The normalized spacial score (nSPS) is 10.8. The zero-order valence-corrected chi connectivity index (χ0v) is 16.4. The second-order valence-corrected chi connectivity index (χ2v) is 7.26. The van der Waals surface area contributed by atoms with Gasteiger partial charge in [-0.05, 0) is 55.8 Å². The average Bonchev–Trinajstić information content (AvgIpc) is 3.06. The molecule has 1 N–H and O–H groups in total. The van der Waals surface area contributed by atoms with Crippen LogP contribution in [0.4, 0.5) is 10.1 Å². The second kappa shape index (κ2) is 8.54. The molecule has 5 nitrogen and oxygen atoms in total. The second-order valence-electron chi connectivity index (χ2n) is 5.88. The number of benzene rings is 2. The molecular formula is C19H18ClFN4OS. The molecule has 0 spiro atoms. The zero-order valence-electron chi connectivity index (χ0n) is 14.9. The van der Waals surface area contributed by atoms with Crippen LogP contribution in [0.15, 0.2) is 47.6 Å². The molecule has 0 atom stereocenters. The lowest BCUT2D eigenvalue weighted by atomic mass is 10.2. The number of anilines is 1. The Morgan fingerprint density at radius 3 is 2.63 bits per heavy atom. The highest BCUT2D eigenvalue weighted by Gasteiger charge is 2.15. The number of carbonyl (C=O) groups is 1. The number of rotatable bonds is 6. The number of halogens is 2. The van der Waals surface area contributed by atoms with Crippen molar-refractivity contribution in [1.29, 1.82) is 0 Å². The zero-order chi connectivity index (χ0) is 19.4. The molecule has 27 heavy (non-hydrogen) atoms. The van der Waals surface area contributed by atoms with Crippen LogP contribution in [0.2, 0.25) is 5.02 Å². The molecule has 1 amide bonds.